The number of benzene rings is 1. The van der Waals surface area contributed by atoms with Gasteiger partial charge in [-0.1, -0.05) is 12.1 Å². The molecular formula is C15H11BrN2O3. The van der Waals surface area contributed by atoms with E-state index in [0.717, 1.165) is 0 Å². The molecule has 106 valence electrons. The summed E-state index contributed by atoms with van der Waals surface area (Å²) in [6.07, 6.45) is 1.66. The Morgan fingerprint density at radius 1 is 0.952 bits per heavy atom. The zero-order valence-corrected chi connectivity index (χ0v) is 12.5. The Morgan fingerprint density at radius 3 is 2.52 bits per heavy atom. The number of nitrogens with zero attached hydrogens (tertiary/aromatic N) is 2. The summed E-state index contributed by atoms with van der Waals surface area (Å²) in [5.41, 5.74) is 0.844. The van der Waals surface area contributed by atoms with Gasteiger partial charge in [-0.2, -0.15) is 0 Å². The number of carbonyl (C=O) groups is 2. The van der Waals surface area contributed by atoms with Gasteiger partial charge in [-0.05, 0) is 34.1 Å². The van der Waals surface area contributed by atoms with Crippen LogP contribution in [0.2, 0.25) is 0 Å². The minimum Gasteiger partial charge on any atom is -0.314 e. The fourth-order valence-corrected chi connectivity index (χ4v) is 2.91. The largest absolute Gasteiger partial charge is 0.314 e. The van der Waals surface area contributed by atoms with Crippen LogP contribution in [0.1, 0.15) is 10.4 Å². The fourth-order valence-electron chi connectivity index (χ4n) is 2.38. The van der Waals surface area contributed by atoms with Gasteiger partial charge in [-0.15, -0.1) is 0 Å². The molecule has 21 heavy (non-hydrogen) atoms. The number of amides is 1. The first-order chi connectivity index (χ1) is 10.1. The Kier molecular flexibility index (Phi) is 3.47. The molecule has 5 nitrogen and oxygen atoms in total. The monoisotopic (exact) mass is 346 g/mol. The lowest BCUT2D eigenvalue weighted by Crippen LogP contribution is -2.34. The Hall–Kier alpha value is -2.21. The highest BCUT2D eigenvalue weighted by molar-refractivity contribution is 9.10. The first-order valence-corrected chi connectivity index (χ1v) is 7.19. The maximum Gasteiger partial charge on any atom is 0.299 e. The number of hydrogen-bond acceptors (Lipinski definition) is 3. The first-order valence-electron chi connectivity index (χ1n) is 6.40. The molecule has 0 saturated carbocycles. The van der Waals surface area contributed by atoms with E-state index in [1.807, 2.05) is 0 Å². The topological polar surface area (TPSA) is 59.4 Å². The maximum atomic E-state index is 12.1. The van der Waals surface area contributed by atoms with Gasteiger partial charge in [0.2, 0.25) is 0 Å². The lowest BCUT2D eigenvalue weighted by atomic mass is 10.1. The Morgan fingerprint density at radius 2 is 1.76 bits per heavy atom. The summed E-state index contributed by atoms with van der Waals surface area (Å²) in [4.78, 5) is 37.2. The number of pyridine rings is 1. The molecule has 0 spiro atoms. The van der Waals surface area contributed by atoms with Gasteiger partial charge in [0.05, 0.1) is 11.3 Å². The summed E-state index contributed by atoms with van der Waals surface area (Å²) in [7, 11) is 0. The summed E-state index contributed by atoms with van der Waals surface area (Å²) in [5, 5.41) is 0. The van der Waals surface area contributed by atoms with Crippen molar-refractivity contribution in [2.45, 2.75) is 6.54 Å². The quantitative estimate of drug-likeness (QED) is 0.796. The van der Waals surface area contributed by atoms with Gasteiger partial charge >= 0.3 is 0 Å². The molecule has 0 fully saturated rings. The molecule has 3 rings (SSSR count). The number of Topliss-reactive ketones (excluding diaryl/α,β-unsaturated/α-hetero) is 1. The van der Waals surface area contributed by atoms with E-state index < -0.39 is 11.7 Å². The Bertz CT molecular complexity index is 798. The van der Waals surface area contributed by atoms with E-state index in [1.165, 1.54) is 15.5 Å². The summed E-state index contributed by atoms with van der Waals surface area (Å²) < 4.78 is 2.12. The normalized spacial score (nSPS) is 13.7. The second-order valence-electron chi connectivity index (χ2n) is 4.65. The molecule has 0 radical (unpaired) electrons. The van der Waals surface area contributed by atoms with Crippen molar-refractivity contribution in [2.24, 2.45) is 0 Å². The molecule has 0 bridgehead atoms. The Labute approximate surface area is 128 Å². The second kappa shape index (κ2) is 5.29. The van der Waals surface area contributed by atoms with Crippen LogP contribution in [0.4, 0.5) is 5.69 Å². The molecule has 1 aliphatic heterocycles. The highest BCUT2D eigenvalue weighted by Gasteiger charge is 2.36. The molecule has 0 aliphatic carbocycles. The van der Waals surface area contributed by atoms with E-state index in [-0.39, 0.29) is 12.1 Å². The number of rotatable bonds is 3. The van der Waals surface area contributed by atoms with E-state index in [0.29, 0.717) is 22.3 Å². The third kappa shape index (κ3) is 2.31. The van der Waals surface area contributed by atoms with Crippen molar-refractivity contribution in [3.63, 3.8) is 0 Å². The standard InChI is InChI=1S/C15H11BrN2O3/c16-10-4-3-5-11-13(10)14(20)15(21)18(11)9-8-17-7-2-1-6-12(17)19/h1-7H,8-9H2. The maximum absolute atomic E-state index is 12.1. The predicted octanol–water partition coefficient (Wildman–Crippen LogP) is 1.84. The van der Waals surface area contributed by atoms with Gasteiger partial charge in [-0.3, -0.25) is 14.4 Å². The van der Waals surface area contributed by atoms with Crippen molar-refractivity contribution in [1.29, 1.82) is 0 Å². The predicted molar refractivity (Wildman–Crippen MR) is 81.5 cm³/mol. The number of fused-ring (bicyclic) bond motifs is 1. The molecule has 0 N–H and O–H groups in total. The zero-order valence-electron chi connectivity index (χ0n) is 11.0. The van der Waals surface area contributed by atoms with Crippen molar-refractivity contribution in [2.75, 3.05) is 11.4 Å². The molecule has 0 saturated heterocycles. The van der Waals surface area contributed by atoms with Crippen LogP contribution < -0.4 is 10.5 Å². The lowest BCUT2D eigenvalue weighted by molar-refractivity contribution is -0.114. The molecule has 1 aromatic carbocycles. The molecule has 1 aliphatic rings. The minimum absolute atomic E-state index is 0.134. The lowest BCUT2D eigenvalue weighted by Gasteiger charge is -2.17. The van der Waals surface area contributed by atoms with Crippen LogP contribution in [-0.2, 0) is 11.3 Å². The average molecular weight is 347 g/mol. The van der Waals surface area contributed by atoms with Crippen molar-refractivity contribution in [3.05, 3.63) is 63.0 Å². The van der Waals surface area contributed by atoms with E-state index in [1.54, 1.807) is 36.5 Å². The molecule has 1 amide bonds. The van der Waals surface area contributed by atoms with Crippen LogP contribution in [0.3, 0.4) is 0 Å². The van der Waals surface area contributed by atoms with Crippen molar-refractivity contribution in [1.82, 2.24) is 4.57 Å². The SMILES string of the molecule is O=C1C(=O)N(CCn2ccccc2=O)c2cccc(Br)c21. The van der Waals surface area contributed by atoms with Gasteiger partial charge in [0, 0.05) is 29.8 Å². The van der Waals surface area contributed by atoms with Crippen LogP contribution in [0, 0.1) is 0 Å². The third-order valence-corrected chi connectivity index (χ3v) is 4.07. The molecule has 2 aromatic rings. The minimum atomic E-state index is -0.555. The summed E-state index contributed by atoms with van der Waals surface area (Å²) >= 11 is 3.30. The molecule has 1 aromatic heterocycles. The molecule has 0 unspecified atom stereocenters. The van der Waals surface area contributed by atoms with E-state index >= 15 is 0 Å². The van der Waals surface area contributed by atoms with E-state index in [9.17, 15) is 14.4 Å². The van der Waals surface area contributed by atoms with Crippen LogP contribution in [0.15, 0.2) is 51.9 Å². The van der Waals surface area contributed by atoms with E-state index in [2.05, 4.69) is 15.9 Å². The van der Waals surface area contributed by atoms with Gasteiger partial charge in [0.1, 0.15) is 0 Å². The number of anilines is 1. The van der Waals surface area contributed by atoms with Gasteiger partial charge in [0.25, 0.3) is 17.2 Å². The van der Waals surface area contributed by atoms with Crippen LogP contribution in [0.25, 0.3) is 0 Å². The van der Waals surface area contributed by atoms with Crippen molar-refractivity contribution in [3.8, 4) is 0 Å². The number of aromatic nitrogens is 1. The highest BCUT2D eigenvalue weighted by Crippen LogP contribution is 2.34. The van der Waals surface area contributed by atoms with Crippen molar-refractivity contribution < 1.29 is 9.59 Å². The zero-order chi connectivity index (χ0) is 15.0. The van der Waals surface area contributed by atoms with Gasteiger partial charge in [0.15, 0.2) is 0 Å². The first kappa shape index (κ1) is 13.8. The number of carbonyl (C=O) groups excluding carboxylic acids is 2. The van der Waals surface area contributed by atoms with Crippen LogP contribution >= 0.6 is 15.9 Å². The third-order valence-electron chi connectivity index (χ3n) is 3.41. The molecular weight excluding hydrogens is 336 g/mol. The highest BCUT2D eigenvalue weighted by atomic mass is 79.9. The average Bonchev–Trinajstić information content (AvgIpc) is 2.72. The van der Waals surface area contributed by atoms with Crippen LogP contribution in [0.5, 0.6) is 0 Å². The Balaban J connectivity index is 1.89. The second-order valence-corrected chi connectivity index (χ2v) is 5.51. The van der Waals surface area contributed by atoms with Gasteiger partial charge < -0.3 is 9.47 Å². The van der Waals surface area contributed by atoms with Crippen molar-refractivity contribution >= 4 is 33.3 Å². The van der Waals surface area contributed by atoms with E-state index in [4.69, 9.17) is 0 Å². The molecule has 2 heterocycles. The molecule has 0 atom stereocenters. The number of hydrogen-bond donors (Lipinski definition) is 0. The fraction of sp³-hybridized carbons (Fsp3) is 0.133. The molecule has 6 heteroatoms. The van der Waals surface area contributed by atoms with Gasteiger partial charge in [-0.25, -0.2) is 0 Å². The summed E-state index contributed by atoms with van der Waals surface area (Å²) in [6.45, 7) is 0.614. The number of ketones is 1. The number of halogens is 1. The summed E-state index contributed by atoms with van der Waals surface area (Å²) in [6, 6.07) is 10.1. The smallest absolute Gasteiger partial charge is 0.299 e. The summed E-state index contributed by atoms with van der Waals surface area (Å²) in [5.74, 6) is -1.07. The van der Waals surface area contributed by atoms with Crippen LogP contribution in [-0.4, -0.2) is 22.8 Å².